The summed E-state index contributed by atoms with van der Waals surface area (Å²) >= 11 is 13.5. The van der Waals surface area contributed by atoms with Crippen molar-refractivity contribution >= 4 is 46.8 Å². The van der Waals surface area contributed by atoms with Crippen LogP contribution >= 0.6 is 35.0 Å². The molecule has 7 heteroatoms. The first kappa shape index (κ1) is 19.1. The Kier molecular flexibility index (Phi) is 7.03. The average Bonchev–Trinajstić information content (AvgIpc) is 2.48. The maximum Gasteiger partial charge on any atom is 0.311 e. The third-order valence-corrected chi connectivity index (χ3v) is 5.40. The number of nitrogens with one attached hydrogen (secondary N) is 1. The predicted molar refractivity (Wildman–Crippen MR) is 91.2 cm³/mol. The second kappa shape index (κ2) is 8.09. The molecule has 22 heavy (non-hydrogen) atoms. The van der Waals surface area contributed by atoms with E-state index in [2.05, 4.69) is 5.32 Å². The van der Waals surface area contributed by atoms with Crippen LogP contribution in [0, 0.1) is 5.41 Å². The zero-order valence-electron chi connectivity index (χ0n) is 12.7. The topological polar surface area (TPSA) is 66.4 Å². The second-order valence-corrected chi connectivity index (χ2v) is 6.60. The van der Waals surface area contributed by atoms with E-state index in [1.807, 2.05) is 6.26 Å². The van der Waals surface area contributed by atoms with Crippen LogP contribution in [0.15, 0.2) is 17.0 Å². The van der Waals surface area contributed by atoms with E-state index in [-0.39, 0.29) is 11.6 Å². The number of thioether (sulfide) groups is 1. The number of aliphatic carboxylic acids is 1. The molecule has 122 valence electrons. The van der Waals surface area contributed by atoms with Crippen LogP contribution in [0.1, 0.15) is 37.0 Å². The Morgan fingerprint density at radius 3 is 2.27 bits per heavy atom. The molecule has 4 nitrogen and oxygen atoms in total. The number of halogens is 2. The molecule has 1 aromatic rings. The highest BCUT2D eigenvalue weighted by atomic mass is 35.5. The Balaban J connectivity index is 2.97. The molecule has 0 bridgehead atoms. The quantitative estimate of drug-likeness (QED) is 0.707. The molecule has 2 N–H and O–H groups in total. The molecule has 0 aliphatic carbocycles. The highest BCUT2D eigenvalue weighted by molar-refractivity contribution is 7.98. The first-order valence-electron chi connectivity index (χ1n) is 6.86. The lowest BCUT2D eigenvalue weighted by Gasteiger charge is -2.27. The van der Waals surface area contributed by atoms with E-state index in [0.717, 1.165) is 4.90 Å². The number of amides is 1. The molecule has 1 aromatic carbocycles. The standard InChI is InChI=1S/C15H19Cl2NO3S/c1-4-15(5-2,14(20)21)8-18-13(19)9-6-12(22-3)11(17)7-10(9)16/h6-7H,4-5,8H2,1-3H3,(H,18,19)(H,20,21). The van der Waals surface area contributed by atoms with E-state index < -0.39 is 17.3 Å². The molecule has 0 unspecified atom stereocenters. The van der Waals surface area contributed by atoms with Gasteiger partial charge in [-0.3, -0.25) is 9.59 Å². The van der Waals surface area contributed by atoms with Gasteiger partial charge in [-0.25, -0.2) is 0 Å². The fourth-order valence-electron chi connectivity index (χ4n) is 2.08. The van der Waals surface area contributed by atoms with Crippen LogP contribution in [-0.4, -0.2) is 29.8 Å². The van der Waals surface area contributed by atoms with Crippen molar-refractivity contribution in [1.29, 1.82) is 0 Å². The van der Waals surface area contributed by atoms with Crippen molar-refractivity contribution in [2.45, 2.75) is 31.6 Å². The summed E-state index contributed by atoms with van der Waals surface area (Å²) in [4.78, 5) is 24.5. The van der Waals surface area contributed by atoms with Gasteiger partial charge < -0.3 is 10.4 Å². The van der Waals surface area contributed by atoms with Crippen LogP contribution in [0.4, 0.5) is 0 Å². The second-order valence-electron chi connectivity index (χ2n) is 4.94. The van der Waals surface area contributed by atoms with Gasteiger partial charge in [-0.15, -0.1) is 11.8 Å². The van der Waals surface area contributed by atoms with Gasteiger partial charge in [0.05, 0.1) is 21.0 Å². The maximum absolute atomic E-state index is 12.3. The number of carboxylic acid groups (broad SMARTS) is 1. The van der Waals surface area contributed by atoms with Crippen molar-refractivity contribution in [1.82, 2.24) is 5.32 Å². The van der Waals surface area contributed by atoms with Crippen molar-refractivity contribution < 1.29 is 14.7 Å². The van der Waals surface area contributed by atoms with E-state index in [1.165, 1.54) is 17.8 Å². The van der Waals surface area contributed by atoms with Crippen LogP contribution < -0.4 is 5.32 Å². The largest absolute Gasteiger partial charge is 0.481 e. The summed E-state index contributed by atoms with van der Waals surface area (Å²) in [6.07, 6.45) is 2.72. The Hall–Kier alpha value is -0.910. The van der Waals surface area contributed by atoms with Crippen molar-refractivity contribution in [2.75, 3.05) is 12.8 Å². The molecule has 0 fully saturated rings. The van der Waals surface area contributed by atoms with Gasteiger partial charge in [0.15, 0.2) is 0 Å². The number of hydrogen-bond acceptors (Lipinski definition) is 3. The van der Waals surface area contributed by atoms with Crippen LogP contribution in [0.25, 0.3) is 0 Å². The molecule has 0 atom stereocenters. The molecular weight excluding hydrogens is 345 g/mol. The zero-order chi connectivity index (χ0) is 16.9. The van der Waals surface area contributed by atoms with Crippen molar-refractivity contribution in [3.05, 3.63) is 27.7 Å². The summed E-state index contributed by atoms with van der Waals surface area (Å²) in [5.41, 5.74) is -0.668. The summed E-state index contributed by atoms with van der Waals surface area (Å²) in [5, 5.41) is 12.8. The van der Waals surface area contributed by atoms with Crippen LogP contribution in [0.2, 0.25) is 10.0 Å². The average molecular weight is 364 g/mol. The highest BCUT2D eigenvalue weighted by Gasteiger charge is 2.35. The number of carbonyl (C=O) groups excluding carboxylic acids is 1. The first-order valence-corrected chi connectivity index (χ1v) is 8.84. The molecule has 0 aliphatic rings. The summed E-state index contributed by atoms with van der Waals surface area (Å²) in [7, 11) is 0. The molecule has 0 heterocycles. The maximum atomic E-state index is 12.3. The molecule has 0 saturated carbocycles. The normalized spacial score (nSPS) is 11.3. The summed E-state index contributed by atoms with van der Waals surface area (Å²) < 4.78 is 0. The summed E-state index contributed by atoms with van der Waals surface area (Å²) in [6, 6.07) is 3.14. The number of carboxylic acids is 1. The molecule has 0 aliphatic heterocycles. The SMILES string of the molecule is CCC(CC)(CNC(=O)c1cc(SC)c(Cl)cc1Cl)C(=O)O. The van der Waals surface area contributed by atoms with Gasteiger partial charge in [-0.05, 0) is 31.2 Å². The third kappa shape index (κ3) is 4.09. The Labute approximate surface area is 144 Å². The summed E-state index contributed by atoms with van der Waals surface area (Å²) in [6.45, 7) is 3.65. The fraction of sp³-hybridized carbons (Fsp3) is 0.467. The monoisotopic (exact) mass is 363 g/mol. The van der Waals surface area contributed by atoms with E-state index in [4.69, 9.17) is 23.2 Å². The van der Waals surface area contributed by atoms with Gasteiger partial charge in [0.25, 0.3) is 5.91 Å². The molecule has 0 saturated heterocycles. The first-order chi connectivity index (χ1) is 10.3. The van der Waals surface area contributed by atoms with Crippen LogP contribution in [0.5, 0.6) is 0 Å². The van der Waals surface area contributed by atoms with Crippen molar-refractivity contribution in [2.24, 2.45) is 5.41 Å². The minimum absolute atomic E-state index is 0.0573. The number of benzene rings is 1. The van der Waals surface area contributed by atoms with Gasteiger partial charge in [-0.2, -0.15) is 0 Å². The Morgan fingerprint density at radius 2 is 1.82 bits per heavy atom. The van der Waals surface area contributed by atoms with Gasteiger partial charge in [0.2, 0.25) is 0 Å². The molecule has 0 radical (unpaired) electrons. The van der Waals surface area contributed by atoms with E-state index >= 15 is 0 Å². The number of hydrogen-bond donors (Lipinski definition) is 2. The molecule has 0 spiro atoms. The van der Waals surface area contributed by atoms with Gasteiger partial charge in [-0.1, -0.05) is 37.0 Å². The Bertz CT molecular complexity index is 574. The highest BCUT2D eigenvalue weighted by Crippen LogP contribution is 2.31. The lowest BCUT2D eigenvalue weighted by molar-refractivity contribution is -0.149. The van der Waals surface area contributed by atoms with Gasteiger partial charge in [0.1, 0.15) is 0 Å². The lowest BCUT2D eigenvalue weighted by Crippen LogP contribution is -2.42. The van der Waals surface area contributed by atoms with Crippen LogP contribution in [-0.2, 0) is 4.79 Å². The van der Waals surface area contributed by atoms with Crippen molar-refractivity contribution in [3.8, 4) is 0 Å². The molecule has 1 rings (SSSR count). The van der Waals surface area contributed by atoms with Crippen LogP contribution in [0.3, 0.4) is 0 Å². The van der Waals surface area contributed by atoms with E-state index in [9.17, 15) is 14.7 Å². The van der Waals surface area contributed by atoms with Crippen molar-refractivity contribution in [3.63, 3.8) is 0 Å². The number of rotatable bonds is 7. The Morgan fingerprint density at radius 1 is 1.23 bits per heavy atom. The number of carbonyl (C=O) groups is 2. The minimum atomic E-state index is -0.961. The lowest BCUT2D eigenvalue weighted by atomic mass is 9.82. The van der Waals surface area contributed by atoms with Gasteiger partial charge in [0, 0.05) is 11.4 Å². The molecule has 0 aromatic heterocycles. The molecule has 1 amide bonds. The smallest absolute Gasteiger partial charge is 0.311 e. The zero-order valence-corrected chi connectivity index (χ0v) is 15.0. The predicted octanol–water partition coefficient (Wildman–Crippen LogP) is 4.34. The fourth-order valence-corrected chi connectivity index (χ4v) is 3.27. The summed E-state index contributed by atoms with van der Waals surface area (Å²) in [5.74, 6) is -1.31. The van der Waals surface area contributed by atoms with E-state index in [1.54, 1.807) is 19.9 Å². The third-order valence-electron chi connectivity index (χ3n) is 3.88. The minimum Gasteiger partial charge on any atom is -0.481 e. The van der Waals surface area contributed by atoms with E-state index in [0.29, 0.717) is 23.4 Å². The van der Waals surface area contributed by atoms with Gasteiger partial charge >= 0.3 is 5.97 Å². The molecular formula is C15H19Cl2NO3S.